The summed E-state index contributed by atoms with van der Waals surface area (Å²) in [5.41, 5.74) is 5.40. The molecule has 1 aromatic carbocycles. The second-order valence-corrected chi connectivity index (χ2v) is 4.74. The Morgan fingerprint density at radius 2 is 1.62 bits per heavy atom. The maximum Gasteiger partial charge on any atom is 0.161 e. The lowest BCUT2D eigenvalue weighted by Gasteiger charge is -2.24. The normalized spacial score (nSPS) is 11.9. The third-order valence-electron chi connectivity index (χ3n) is 2.58. The fourth-order valence-corrected chi connectivity index (χ4v) is 1.69. The number of benzene rings is 1. The van der Waals surface area contributed by atoms with Crippen molar-refractivity contribution in [3.63, 3.8) is 0 Å². The van der Waals surface area contributed by atoms with Crippen LogP contribution in [0.5, 0.6) is 0 Å². The molecular formula is C12H16F3N. The Bertz CT molecular complexity index is 375. The minimum absolute atomic E-state index is 0.192. The number of nitrogens with two attached hydrogens (primary N) is 1. The van der Waals surface area contributed by atoms with Crippen LogP contribution in [0.25, 0.3) is 0 Å². The van der Waals surface area contributed by atoms with Crippen molar-refractivity contribution in [1.29, 1.82) is 0 Å². The molecule has 90 valence electrons. The number of hydrogen-bond acceptors (Lipinski definition) is 1. The lowest BCUT2D eigenvalue weighted by atomic mass is 9.82. The van der Waals surface area contributed by atoms with Crippen molar-refractivity contribution in [1.82, 2.24) is 0 Å². The van der Waals surface area contributed by atoms with E-state index in [1.807, 2.05) is 13.8 Å². The van der Waals surface area contributed by atoms with Gasteiger partial charge >= 0.3 is 0 Å². The molecule has 0 bridgehead atoms. The Labute approximate surface area is 93.5 Å². The third kappa shape index (κ3) is 3.23. The summed E-state index contributed by atoms with van der Waals surface area (Å²) in [4.78, 5) is 0. The molecule has 0 aliphatic carbocycles. The van der Waals surface area contributed by atoms with Crippen LogP contribution in [0.1, 0.15) is 25.8 Å². The van der Waals surface area contributed by atoms with Crippen LogP contribution in [0.3, 0.4) is 0 Å². The van der Waals surface area contributed by atoms with E-state index in [0.717, 1.165) is 6.07 Å². The SMILES string of the molecule is CC(C)(CCN)Cc1cc(F)c(F)cc1F. The molecule has 0 aromatic heterocycles. The summed E-state index contributed by atoms with van der Waals surface area (Å²) in [6.07, 6.45) is 1.04. The van der Waals surface area contributed by atoms with Gasteiger partial charge < -0.3 is 5.73 Å². The van der Waals surface area contributed by atoms with Crippen LogP contribution < -0.4 is 5.73 Å². The quantitative estimate of drug-likeness (QED) is 0.792. The standard InChI is InChI=1S/C12H16F3N/c1-12(2,3-4-16)7-8-5-10(14)11(15)6-9(8)13/h5-6H,3-4,7,16H2,1-2H3. The van der Waals surface area contributed by atoms with Crippen LogP contribution in [0.4, 0.5) is 13.2 Å². The van der Waals surface area contributed by atoms with Crippen LogP contribution in [0.2, 0.25) is 0 Å². The average Bonchev–Trinajstić information content (AvgIpc) is 2.13. The topological polar surface area (TPSA) is 26.0 Å². The highest BCUT2D eigenvalue weighted by molar-refractivity contribution is 5.21. The van der Waals surface area contributed by atoms with Gasteiger partial charge in [0.25, 0.3) is 0 Å². The first-order valence-electron chi connectivity index (χ1n) is 5.19. The molecule has 0 amide bonds. The highest BCUT2D eigenvalue weighted by atomic mass is 19.2. The molecule has 1 rings (SSSR count). The second-order valence-electron chi connectivity index (χ2n) is 4.74. The molecule has 0 unspecified atom stereocenters. The van der Waals surface area contributed by atoms with E-state index in [9.17, 15) is 13.2 Å². The van der Waals surface area contributed by atoms with E-state index in [1.54, 1.807) is 0 Å². The molecule has 0 saturated heterocycles. The van der Waals surface area contributed by atoms with Gasteiger partial charge in [-0.1, -0.05) is 13.8 Å². The molecule has 0 heterocycles. The van der Waals surface area contributed by atoms with Crippen molar-refractivity contribution in [2.24, 2.45) is 11.1 Å². The Kier molecular flexibility index (Phi) is 3.97. The molecule has 1 aromatic rings. The monoisotopic (exact) mass is 231 g/mol. The van der Waals surface area contributed by atoms with E-state index in [-0.39, 0.29) is 11.0 Å². The molecule has 2 N–H and O–H groups in total. The number of halogens is 3. The highest BCUT2D eigenvalue weighted by Crippen LogP contribution is 2.27. The van der Waals surface area contributed by atoms with Gasteiger partial charge in [-0.2, -0.15) is 0 Å². The van der Waals surface area contributed by atoms with Gasteiger partial charge in [-0.05, 0) is 36.4 Å². The molecule has 0 fully saturated rings. The predicted octanol–water partition coefficient (Wildman–Crippen LogP) is 3.02. The smallest absolute Gasteiger partial charge is 0.161 e. The van der Waals surface area contributed by atoms with Gasteiger partial charge in [0.15, 0.2) is 11.6 Å². The van der Waals surface area contributed by atoms with E-state index in [4.69, 9.17) is 5.73 Å². The summed E-state index contributed by atoms with van der Waals surface area (Å²) in [6, 6.07) is 1.51. The van der Waals surface area contributed by atoms with E-state index >= 15 is 0 Å². The first kappa shape index (κ1) is 13.0. The second kappa shape index (κ2) is 4.87. The molecule has 0 spiro atoms. The van der Waals surface area contributed by atoms with Crippen molar-refractivity contribution in [3.05, 3.63) is 35.1 Å². The van der Waals surface area contributed by atoms with Crippen molar-refractivity contribution in [2.45, 2.75) is 26.7 Å². The van der Waals surface area contributed by atoms with Crippen LogP contribution in [-0.4, -0.2) is 6.54 Å². The van der Waals surface area contributed by atoms with Crippen molar-refractivity contribution in [2.75, 3.05) is 6.54 Å². The zero-order chi connectivity index (χ0) is 12.3. The molecule has 4 heteroatoms. The fraction of sp³-hybridized carbons (Fsp3) is 0.500. The van der Waals surface area contributed by atoms with E-state index < -0.39 is 17.5 Å². The Balaban J connectivity index is 2.93. The number of rotatable bonds is 4. The van der Waals surface area contributed by atoms with Gasteiger partial charge in [-0.3, -0.25) is 0 Å². The van der Waals surface area contributed by atoms with Crippen molar-refractivity contribution >= 4 is 0 Å². The summed E-state index contributed by atoms with van der Waals surface area (Å²) < 4.78 is 39.0. The molecular weight excluding hydrogens is 215 g/mol. The first-order valence-corrected chi connectivity index (χ1v) is 5.19. The maximum absolute atomic E-state index is 13.4. The van der Waals surface area contributed by atoms with Gasteiger partial charge in [0.2, 0.25) is 0 Å². The molecule has 0 atom stereocenters. The van der Waals surface area contributed by atoms with Crippen LogP contribution >= 0.6 is 0 Å². The van der Waals surface area contributed by atoms with Crippen LogP contribution in [0, 0.1) is 22.9 Å². The van der Waals surface area contributed by atoms with E-state index in [2.05, 4.69) is 0 Å². The first-order chi connectivity index (χ1) is 7.35. The molecule has 1 nitrogen and oxygen atoms in total. The highest BCUT2D eigenvalue weighted by Gasteiger charge is 2.20. The minimum Gasteiger partial charge on any atom is -0.330 e. The van der Waals surface area contributed by atoms with Gasteiger partial charge in [0.1, 0.15) is 5.82 Å². The van der Waals surface area contributed by atoms with Gasteiger partial charge in [0, 0.05) is 6.07 Å². The lowest BCUT2D eigenvalue weighted by molar-refractivity contribution is 0.332. The molecule has 0 radical (unpaired) electrons. The largest absolute Gasteiger partial charge is 0.330 e. The molecule has 16 heavy (non-hydrogen) atoms. The third-order valence-corrected chi connectivity index (χ3v) is 2.58. The summed E-state index contributed by atoms with van der Waals surface area (Å²) in [5.74, 6) is -2.87. The molecule has 0 saturated carbocycles. The number of hydrogen-bond donors (Lipinski definition) is 1. The lowest BCUT2D eigenvalue weighted by Crippen LogP contribution is -2.20. The van der Waals surface area contributed by atoms with Gasteiger partial charge in [-0.25, -0.2) is 13.2 Å². The van der Waals surface area contributed by atoms with Crippen LogP contribution in [0.15, 0.2) is 12.1 Å². The fourth-order valence-electron chi connectivity index (χ4n) is 1.69. The van der Waals surface area contributed by atoms with Gasteiger partial charge in [-0.15, -0.1) is 0 Å². The van der Waals surface area contributed by atoms with Crippen molar-refractivity contribution in [3.8, 4) is 0 Å². The summed E-state index contributed by atoms with van der Waals surface area (Å²) in [5, 5.41) is 0. The Hall–Kier alpha value is -1.03. The average molecular weight is 231 g/mol. The summed E-state index contributed by atoms with van der Waals surface area (Å²) in [6.45, 7) is 4.32. The zero-order valence-corrected chi connectivity index (χ0v) is 9.49. The molecule has 0 aliphatic heterocycles. The summed E-state index contributed by atoms with van der Waals surface area (Å²) in [7, 11) is 0. The maximum atomic E-state index is 13.4. The zero-order valence-electron chi connectivity index (χ0n) is 9.49. The predicted molar refractivity (Wildman–Crippen MR) is 57.5 cm³/mol. The minimum atomic E-state index is -1.15. The van der Waals surface area contributed by atoms with E-state index in [0.29, 0.717) is 25.5 Å². The molecule has 0 aliphatic rings. The van der Waals surface area contributed by atoms with E-state index in [1.165, 1.54) is 0 Å². The van der Waals surface area contributed by atoms with Crippen molar-refractivity contribution < 1.29 is 13.2 Å². The Morgan fingerprint density at radius 1 is 1.06 bits per heavy atom. The Morgan fingerprint density at radius 3 is 2.19 bits per heavy atom. The summed E-state index contributed by atoms with van der Waals surface area (Å²) >= 11 is 0. The van der Waals surface area contributed by atoms with Crippen LogP contribution in [-0.2, 0) is 6.42 Å². The van der Waals surface area contributed by atoms with Gasteiger partial charge in [0.05, 0.1) is 0 Å².